The minimum Gasteiger partial charge on any atom is -0.481 e. The molecular weight excluding hydrogens is 510 g/mol. The summed E-state index contributed by atoms with van der Waals surface area (Å²) in [6, 6.07) is 4.73. The number of pyridine rings is 1. The molecule has 0 spiro atoms. The first kappa shape index (κ1) is 26.0. The van der Waals surface area contributed by atoms with Crippen molar-refractivity contribution in [2.45, 2.75) is 49.5 Å². The minimum atomic E-state index is -4.07. The Bertz CT molecular complexity index is 1230. The first-order valence-electron chi connectivity index (χ1n) is 11.3. The Morgan fingerprint density at radius 1 is 1.22 bits per heavy atom. The molecule has 3 saturated carbocycles. The maximum atomic E-state index is 13.3. The zero-order valence-corrected chi connectivity index (χ0v) is 21.6. The highest BCUT2D eigenvalue weighted by Crippen LogP contribution is 2.54. The quantitative estimate of drug-likeness (QED) is 0.259. The Morgan fingerprint density at radius 3 is 2.56 bits per heavy atom. The summed E-state index contributed by atoms with van der Waals surface area (Å²) in [5.41, 5.74) is 4.84. The highest BCUT2D eigenvalue weighted by molar-refractivity contribution is 7.90. The van der Waals surface area contributed by atoms with Gasteiger partial charge in [0.25, 0.3) is 5.91 Å². The van der Waals surface area contributed by atoms with Crippen molar-refractivity contribution in [2.24, 2.45) is 10.9 Å². The van der Waals surface area contributed by atoms with Crippen molar-refractivity contribution in [2.75, 3.05) is 14.2 Å². The second-order valence-corrected chi connectivity index (χ2v) is 11.4. The summed E-state index contributed by atoms with van der Waals surface area (Å²) in [5, 5.41) is -0.793. The Morgan fingerprint density at radius 2 is 1.94 bits per heavy atom. The molecule has 0 saturated heterocycles. The number of methoxy groups -OCH3 is 2. The van der Waals surface area contributed by atoms with E-state index in [1.807, 2.05) is 0 Å². The molecule has 2 atom stereocenters. The topological polar surface area (TPSA) is 157 Å². The zero-order chi connectivity index (χ0) is 25.9. The number of hydrogen-bond acceptors (Lipinski definition) is 9. The fourth-order valence-electron chi connectivity index (χ4n) is 4.56. The number of aromatic nitrogens is 3. The number of nitrogens with one attached hydrogen (secondary N) is 3. The van der Waals surface area contributed by atoms with Crippen LogP contribution in [0.2, 0.25) is 5.02 Å². The number of sulfonamides is 1. The summed E-state index contributed by atoms with van der Waals surface area (Å²) in [6.07, 6.45) is 5.40. The van der Waals surface area contributed by atoms with Gasteiger partial charge in [0.1, 0.15) is 17.0 Å². The average Bonchev–Trinajstić information content (AvgIpc) is 3.44. The first-order valence-corrected chi connectivity index (χ1v) is 13.3. The van der Waals surface area contributed by atoms with Crippen molar-refractivity contribution in [1.29, 1.82) is 0 Å². The highest BCUT2D eigenvalue weighted by Gasteiger charge is 2.51. The van der Waals surface area contributed by atoms with Gasteiger partial charge in [-0.3, -0.25) is 20.4 Å². The van der Waals surface area contributed by atoms with Gasteiger partial charge < -0.3 is 9.47 Å². The normalized spacial score (nSPS) is 22.8. The van der Waals surface area contributed by atoms with Crippen LogP contribution in [0.15, 0.2) is 35.6 Å². The number of aliphatic imine (C=N–C) groups is 1. The highest BCUT2D eigenvalue weighted by atomic mass is 35.5. The molecule has 12 nitrogen and oxygen atoms in total. The van der Waals surface area contributed by atoms with Crippen molar-refractivity contribution in [3.8, 4) is 5.88 Å². The van der Waals surface area contributed by atoms with Crippen LogP contribution < -0.4 is 20.3 Å². The molecule has 2 bridgehead atoms. The van der Waals surface area contributed by atoms with Gasteiger partial charge in [0.05, 0.1) is 17.7 Å². The number of halogens is 1. The minimum absolute atomic E-state index is 0.0829. The maximum absolute atomic E-state index is 13.3. The summed E-state index contributed by atoms with van der Waals surface area (Å²) in [4.78, 5) is 29.6. The van der Waals surface area contributed by atoms with E-state index in [0.29, 0.717) is 10.9 Å². The van der Waals surface area contributed by atoms with Crippen molar-refractivity contribution in [3.63, 3.8) is 0 Å². The zero-order valence-electron chi connectivity index (χ0n) is 20.1. The van der Waals surface area contributed by atoms with Gasteiger partial charge in [0.2, 0.25) is 21.9 Å². The number of carbonyl (C=O) groups is 1. The summed E-state index contributed by atoms with van der Waals surface area (Å²) in [5.74, 6) is 0.353. The van der Waals surface area contributed by atoms with Crippen LogP contribution in [0.5, 0.6) is 5.88 Å². The number of ether oxygens (including phenoxy) is 2. The van der Waals surface area contributed by atoms with Crippen molar-refractivity contribution in [3.05, 3.63) is 47.1 Å². The van der Waals surface area contributed by atoms with E-state index >= 15 is 0 Å². The molecule has 3 aliphatic rings. The van der Waals surface area contributed by atoms with E-state index in [-0.39, 0.29) is 28.9 Å². The third-order valence-electron chi connectivity index (χ3n) is 6.47. The predicted octanol–water partition coefficient (Wildman–Crippen LogP) is 1.76. The van der Waals surface area contributed by atoms with Crippen LogP contribution in [0.3, 0.4) is 0 Å². The van der Waals surface area contributed by atoms with E-state index in [4.69, 9.17) is 21.1 Å². The monoisotopic (exact) mass is 537 g/mol. The fraction of sp³-hybridized carbons (Fsp3) is 0.500. The molecule has 2 heterocycles. The molecule has 2 aromatic heterocycles. The largest absolute Gasteiger partial charge is 0.481 e. The summed E-state index contributed by atoms with van der Waals surface area (Å²) < 4.78 is 39.6. The number of carbonyl (C=O) groups excluding carboxylic acids is 1. The Hall–Kier alpha value is -3.03. The van der Waals surface area contributed by atoms with Crippen LogP contribution in [0.1, 0.15) is 55.0 Å². The van der Waals surface area contributed by atoms with Gasteiger partial charge in [-0.05, 0) is 44.6 Å². The van der Waals surface area contributed by atoms with Crippen LogP contribution in [0, 0.1) is 5.92 Å². The molecule has 194 valence electrons. The lowest BCUT2D eigenvalue weighted by Crippen LogP contribution is -2.53. The van der Waals surface area contributed by atoms with Crippen LogP contribution in [-0.4, -0.2) is 60.2 Å². The Balaban J connectivity index is 1.52. The van der Waals surface area contributed by atoms with E-state index < -0.39 is 27.3 Å². The molecule has 0 unspecified atom stereocenters. The van der Waals surface area contributed by atoms with E-state index in [0.717, 1.165) is 25.7 Å². The third-order valence-corrected chi connectivity index (χ3v) is 8.37. The van der Waals surface area contributed by atoms with Gasteiger partial charge in [0.15, 0.2) is 5.82 Å². The smallest absolute Gasteiger partial charge is 0.288 e. The summed E-state index contributed by atoms with van der Waals surface area (Å²) in [7, 11) is -1.26. The van der Waals surface area contributed by atoms with Crippen LogP contribution >= 0.6 is 11.6 Å². The molecule has 5 rings (SSSR count). The van der Waals surface area contributed by atoms with Gasteiger partial charge in [0, 0.05) is 25.6 Å². The van der Waals surface area contributed by atoms with E-state index in [1.165, 1.54) is 39.6 Å². The van der Waals surface area contributed by atoms with Gasteiger partial charge in [-0.15, -0.1) is 0 Å². The molecule has 3 aliphatic carbocycles. The number of nitrogens with zero attached hydrogens (tertiary/aromatic N) is 4. The first-order chi connectivity index (χ1) is 17.1. The fourth-order valence-corrected chi connectivity index (χ4v) is 5.77. The molecule has 3 N–H and O–H groups in total. The van der Waals surface area contributed by atoms with E-state index in [1.54, 1.807) is 12.1 Å². The molecule has 3 fully saturated rings. The van der Waals surface area contributed by atoms with Crippen molar-refractivity contribution < 1.29 is 22.7 Å². The van der Waals surface area contributed by atoms with Crippen molar-refractivity contribution >= 4 is 33.5 Å². The number of guanidine groups is 1. The lowest BCUT2D eigenvalue weighted by atomic mass is 9.78. The lowest BCUT2D eigenvalue weighted by Gasteiger charge is -2.35. The van der Waals surface area contributed by atoms with E-state index in [2.05, 4.69) is 35.5 Å². The molecule has 1 amide bonds. The number of hydrazine groups is 1. The van der Waals surface area contributed by atoms with Crippen LogP contribution in [0.25, 0.3) is 0 Å². The number of hydrogen-bond donors (Lipinski definition) is 3. The van der Waals surface area contributed by atoms with Crippen LogP contribution in [0.4, 0.5) is 0 Å². The van der Waals surface area contributed by atoms with Crippen molar-refractivity contribution in [1.82, 2.24) is 30.5 Å². The number of fused-ring (bicyclic) bond motifs is 1. The van der Waals surface area contributed by atoms with E-state index in [9.17, 15) is 13.2 Å². The maximum Gasteiger partial charge on any atom is 0.288 e. The Kier molecular flexibility index (Phi) is 7.62. The molecule has 14 heteroatoms. The molecule has 0 radical (unpaired) electrons. The van der Waals surface area contributed by atoms with Crippen LogP contribution in [-0.2, 0) is 14.8 Å². The molecular formula is C22H28ClN7O5S. The predicted molar refractivity (Wildman–Crippen MR) is 132 cm³/mol. The summed E-state index contributed by atoms with van der Waals surface area (Å²) in [6.45, 7) is 1.47. The van der Waals surface area contributed by atoms with Gasteiger partial charge in [-0.1, -0.05) is 17.7 Å². The van der Waals surface area contributed by atoms with Gasteiger partial charge >= 0.3 is 0 Å². The van der Waals surface area contributed by atoms with Gasteiger partial charge in [-0.2, -0.15) is 0 Å². The summed E-state index contributed by atoms with van der Waals surface area (Å²) >= 11 is 5.85. The Labute approximate surface area is 214 Å². The standard InChI is InChI=1S/C22H28ClN7O5S/c1-13(18(35-3)19-24-11-15(23)12-25-19)36(32,33)30-21(27-22-8-7-14(9-22)10-22)29-28-20(31)16-5-4-6-17(26-16)34-2/h4-6,11-14,18H,7-10H2,1-3H3,(H,28,31)(H2,27,29,30)/t13-,14?,18-,22?/m0/s1. The number of amides is 1. The molecule has 2 aromatic rings. The molecule has 36 heavy (non-hydrogen) atoms. The lowest BCUT2D eigenvalue weighted by molar-refractivity contribution is 0.0934. The number of rotatable bonds is 8. The van der Waals surface area contributed by atoms with Gasteiger partial charge in [-0.25, -0.2) is 28.4 Å². The third kappa shape index (κ3) is 5.68. The average molecular weight is 538 g/mol. The molecule has 0 aromatic carbocycles. The second-order valence-electron chi connectivity index (χ2n) is 8.91. The second kappa shape index (κ2) is 10.5. The SMILES string of the molecule is COc1cccc(C(=O)NNC(=NC23CCC(C2)C3)NS(=O)(=O)[C@@H](C)[C@H](OC)c2ncc(Cl)cn2)n1. The molecule has 0 aliphatic heterocycles.